The highest BCUT2D eigenvalue weighted by Crippen LogP contribution is 2.50. The number of carboxylic acids is 1. The average Bonchev–Trinajstić information content (AvgIpc) is 3.16. The number of fused-ring (bicyclic) bond motifs is 4. The van der Waals surface area contributed by atoms with Gasteiger partial charge in [0, 0.05) is 38.5 Å². The fraction of sp³-hybridized carbons (Fsp3) is 0.900. The maximum Gasteiger partial charge on any atom is 0.338 e. The first kappa shape index (κ1) is 22.8. The molecule has 5 aliphatic rings. The van der Waals surface area contributed by atoms with Crippen LogP contribution in [0.3, 0.4) is 0 Å². The van der Waals surface area contributed by atoms with Crippen molar-refractivity contribution in [3.05, 3.63) is 0 Å². The second-order valence-corrected chi connectivity index (χ2v) is 9.46. The summed E-state index contributed by atoms with van der Waals surface area (Å²) in [5.41, 5.74) is -3.48. The van der Waals surface area contributed by atoms with Crippen molar-refractivity contribution in [3.8, 4) is 0 Å². The lowest BCUT2D eigenvalue weighted by molar-refractivity contribution is -0.203. The van der Waals surface area contributed by atoms with Gasteiger partial charge in [0.15, 0.2) is 17.0 Å². The third-order valence-corrected chi connectivity index (χ3v) is 7.06. The third-order valence-electron chi connectivity index (χ3n) is 7.06. The summed E-state index contributed by atoms with van der Waals surface area (Å²) in [4.78, 5) is 22.1. The molecule has 176 valence electrons. The Morgan fingerprint density at radius 2 is 1.45 bits per heavy atom. The molecule has 6 atom stereocenters. The van der Waals surface area contributed by atoms with E-state index in [1.165, 1.54) is 6.42 Å². The van der Waals surface area contributed by atoms with Gasteiger partial charge >= 0.3 is 11.9 Å². The van der Waals surface area contributed by atoms with E-state index in [0.717, 1.165) is 25.7 Å². The van der Waals surface area contributed by atoms with Crippen LogP contribution in [0.1, 0.15) is 57.8 Å². The van der Waals surface area contributed by atoms with Gasteiger partial charge in [0.1, 0.15) is 18.3 Å². The van der Waals surface area contributed by atoms with Crippen molar-refractivity contribution in [1.82, 2.24) is 0 Å². The highest BCUT2D eigenvalue weighted by atomic mass is 16.8. The zero-order valence-electron chi connectivity index (χ0n) is 17.1. The number of aliphatic hydroxyl groups excluding tert-OH is 3. The quantitative estimate of drug-likeness (QED) is 0.259. The van der Waals surface area contributed by atoms with Gasteiger partial charge in [0.25, 0.3) is 0 Å². The molecule has 0 aromatic heterocycles. The summed E-state index contributed by atoms with van der Waals surface area (Å²) in [6.07, 6.45) is 0.0969. The second kappa shape index (κ2) is 7.91. The summed E-state index contributed by atoms with van der Waals surface area (Å²) in [5, 5.41) is 55.4. The monoisotopic (exact) mass is 446 g/mol. The Hall–Kier alpha value is -1.34. The van der Waals surface area contributed by atoms with Crippen LogP contribution in [0.2, 0.25) is 0 Å². The standard InChI is InChI=1S/C13H18O5.C7H12O6/c14-11-12(15)6-8(16-11)10-9(7-12)17-13(18-10)4-2-1-3-5-13;8-3-1-7(13,6(11)12)2-4(9)5(3)10/h8-10,15H,1-7H2;3-5,8-10,13H,1-2H2,(H,11,12)/t8-,9-,10?,12-;3-,4-,5?,7?/m11/s1. The molecule has 1 spiro atoms. The largest absolute Gasteiger partial charge is 0.479 e. The molecule has 0 aromatic carbocycles. The summed E-state index contributed by atoms with van der Waals surface area (Å²) in [6.45, 7) is 0. The van der Waals surface area contributed by atoms with E-state index in [4.69, 9.17) is 34.6 Å². The summed E-state index contributed by atoms with van der Waals surface area (Å²) in [7, 11) is 0. The number of aliphatic hydroxyl groups is 5. The Labute approximate surface area is 178 Å². The summed E-state index contributed by atoms with van der Waals surface area (Å²) in [5.74, 6) is -2.48. The Balaban J connectivity index is 0.000000159. The Morgan fingerprint density at radius 1 is 0.871 bits per heavy atom. The van der Waals surface area contributed by atoms with Gasteiger partial charge in [-0.05, 0) is 12.8 Å². The van der Waals surface area contributed by atoms with Gasteiger partial charge in [-0.1, -0.05) is 6.42 Å². The summed E-state index contributed by atoms with van der Waals surface area (Å²) >= 11 is 0. The molecule has 1 unspecified atom stereocenters. The number of hydrogen-bond donors (Lipinski definition) is 6. The average molecular weight is 446 g/mol. The van der Waals surface area contributed by atoms with Crippen molar-refractivity contribution in [2.75, 3.05) is 0 Å². The number of carbonyl (C=O) groups excluding carboxylic acids is 1. The zero-order valence-corrected chi connectivity index (χ0v) is 17.1. The van der Waals surface area contributed by atoms with E-state index in [2.05, 4.69) is 0 Å². The topological polar surface area (TPSA) is 183 Å². The molecule has 2 heterocycles. The summed E-state index contributed by atoms with van der Waals surface area (Å²) < 4.78 is 17.4. The number of esters is 1. The number of ether oxygens (including phenoxy) is 3. The molecule has 2 bridgehead atoms. The van der Waals surface area contributed by atoms with Gasteiger partial charge in [-0.2, -0.15) is 0 Å². The van der Waals surface area contributed by atoms with Crippen LogP contribution in [0.5, 0.6) is 0 Å². The molecule has 0 aromatic rings. The molecular formula is C20H30O11. The Morgan fingerprint density at radius 3 is 2.03 bits per heavy atom. The minimum Gasteiger partial charge on any atom is -0.479 e. The van der Waals surface area contributed by atoms with Crippen LogP contribution < -0.4 is 0 Å². The van der Waals surface area contributed by atoms with Crippen LogP contribution in [-0.2, 0) is 23.8 Å². The maximum absolute atomic E-state index is 11.6. The van der Waals surface area contributed by atoms with Gasteiger partial charge < -0.3 is 44.8 Å². The number of carboxylic acid groups (broad SMARTS) is 1. The lowest BCUT2D eigenvalue weighted by Crippen LogP contribution is -2.56. The van der Waals surface area contributed by atoms with Gasteiger partial charge in [0.2, 0.25) is 0 Å². The number of hydrogen-bond acceptors (Lipinski definition) is 10. The molecular weight excluding hydrogens is 416 g/mol. The fourth-order valence-electron chi connectivity index (χ4n) is 5.33. The van der Waals surface area contributed by atoms with Gasteiger partial charge in [0.05, 0.1) is 18.3 Å². The zero-order chi connectivity index (χ0) is 22.6. The van der Waals surface area contributed by atoms with E-state index in [9.17, 15) is 19.8 Å². The lowest BCUT2D eigenvalue weighted by Gasteiger charge is -2.37. The SMILES string of the molecule is O=C(O)C1(O)C[C@@H](O)C(O)[C@H](O)C1.O=C1O[C@@H]2C[C@@]1(O)C[C@H]1OC3(CCCCC3)OC21. The highest BCUT2D eigenvalue weighted by Gasteiger charge is 2.64. The molecule has 5 rings (SSSR count). The normalized spacial score (nSPS) is 47.8. The maximum atomic E-state index is 11.6. The van der Waals surface area contributed by atoms with E-state index in [1.54, 1.807) is 0 Å². The van der Waals surface area contributed by atoms with Crippen molar-refractivity contribution < 1.29 is 54.4 Å². The van der Waals surface area contributed by atoms with Crippen molar-refractivity contribution in [2.45, 2.75) is 111 Å². The van der Waals surface area contributed by atoms with E-state index >= 15 is 0 Å². The van der Waals surface area contributed by atoms with Crippen LogP contribution in [0.15, 0.2) is 0 Å². The number of rotatable bonds is 1. The minimum absolute atomic E-state index is 0.185. The predicted molar refractivity (Wildman–Crippen MR) is 99.5 cm³/mol. The van der Waals surface area contributed by atoms with Gasteiger partial charge in [-0.3, -0.25) is 0 Å². The number of aliphatic carboxylic acids is 1. The molecule has 2 saturated heterocycles. The summed E-state index contributed by atoms with van der Waals surface area (Å²) in [6, 6.07) is 0. The molecule has 3 saturated carbocycles. The second-order valence-electron chi connectivity index (χ2n) is 9.46. The minimum atomic E-state index is -2.14. The molecule has 3 aliphatic carbocycles. The molecule has 31 heavy (non-hydrogen) atoms. The van der Waals surface area contributed by atoms with Crippen LogP contribution >= 0.6 is 0 Å². The molecule has 2 aliphatic heterocycles. The molecule has 0 amide bonds. The van der Waals surface area contributed by atoms with Crippen LogP contribution in [-0.4, -0.2) is 96.2 Å². The van der Waals surface area contributed by atoms with Crippen LogP contribution in [0.4, 0.5) is 0 Å². The smallest absolute Gasteiger partial charge is 0.338 e. The van der Waals surface area contributed by atoms with Crippen LogP contribution in [0, 0.1) is 0 Å². The first-order valence-electron chi connectivity index (χ1n) is 10.8. The van der Waals surface area contributed by atoms with Gasteiger partial charge in [-0.25, -0.2) is 9.59 Å². The molecule has 6 N–H and O–H groups in total. The van der Waals surface area contributed by atoms with Crippen molar-refractivity contribution in [3.63, 3.8) is 0 Å². The molecule has 11 heteroatoms. The van der Waals surface area contributed by atoms with Crippen molar-refractivity contribution in [1.29, 1.82) is 0 Å². The van der Waals surface area contributed by atoms with E-state index in [0.29, 0.717) is 12.8 Å². The Kier molecular flexibility index (Phi) is 5.83. The third kappa shape index (κ3) is 4.08. The lowest BCUT2D eigenvalue weighted by atomic mass is 9.80. The Bertz CT molecular complexity index is 708. The fourth-order valence-corrected chi connectivity index (χ4v) is 5.33. The first-order valence-corrected chi connectivity index (χ1v) is 10.8. The van der Waals surface area contributed by atoms with Crippen molar-refractivity contribution >= 4 is 11.9 Å². The van der Waals surface area contributed by atoms with E-state index in [1.807, 2.05) is 0 Å². The van der Waals surface area contributed by atoms with E-state index in [-0.39, 0.29) is 18.3 Å². The first-order chi connectivity index (χ1) is 14.5. The molecule has 5 fully saturated rings. The van der Waals surface area contributed by atoms with Crippen LogP contribution in [0.25, 0.3) is 0 Å². The number of carbonyl (C=O) groups is 2. The highest BCUT2D eigenvalue weighted by molar-refractivity contribution is 5.82. The van der Waals surface area contributed by atoms with E-state index < -0.39 is 60.1 Å². The van der Waals surface area contributed by atoms with Gasteiger partial charge in [-0.15, -0.1) is 0 Å². The molecule has 0 radical (unpaired) electrons. The molecule has 11 nitrogen and oxygen atoms in total. The van der Waals surface area contributed by atoms with Crippen molar-refractivity contribution in [2.24, 2.45) is 0 Å². The predicted octanol–water partition coefficient (Wildman–Crippen LogP) is -1.44.